The molecule has 6 aliphatic rings. The van der Waals surface area contributed by atoms with Crippen LogP contribution in [0.25, 0.3) is 0 Å². The lowest BCUT2D eigenvalue weighted by Gasteiger charge is -2.37. The van der Waals surface area contributed by atoms with Crippen molar-refractivity contribution in [1.29, 1.82) is 0 Å². The fourth-order valence-corrected chi connectivity index (χ4v) is 7.00. The van der Waals surface area contributed by atoms with Crippen LogP contribution in [0.15, 0.2) is 0 Å². The standard InChI is InChI=1S/C22H43N3O8.C12H24N2O5.C9H19NO4/c1-19(24-13-29-17-30-14-24)9-26-7-8-33-22(21(3)23-5-4-6-27-12-23)11-28-10-20(2)25-15-31-18-32-16-25;1-11(13-5-16-9-17-6-13)3-15-4-12(2)14-7-18-10-19-8-14;1-9(5-12-4-3-11-2)10-6-13-8-14-7-10/h19-22H,4-18H2,1-3H3;11-12H,3-10H2,1-2H3;9H,3-8H2,1-2H3. The Morgan fingerprint density at radius 2 is 0.682 bits per heavy atom. The quantitative estimate of drug-likeness (QED) is 0.113. The fourth-order valence-electron chi connectivity index (χ4n) is 7.00. The molecule has 0 N–H and O–H groups in total. The van der Waals surface area contributed by atoms with Crippen molar-refractivity contribution in [3.05, 3.63) is 0 Å². The molecule has 6 heterocycles. The molecule has 6 aliphatic heterocycles. The molecule has 23 heteroatoms. The molecule has 66 heavy (non-hydrogen) atoms. The van der Waals surface area contributed by atoms with Crippen LogP contribution in [0.1, 0.15) is 48.0 Å². The van der Waals surface area contributed by atoms with Gasteiger partial charge in [-0.1, -0.05) is 0 Å². The van der Waals surface area contributed by atoms with Gasteiger partial charge >= 0.3 is 0 Å². The minimum Gasteiger partial charge on any atom is -0.382 e. The molecular weight excluding hydrogens is 872 g/mol. The number of hydrogen-bond donors (Lipinski definition) is 0. The molecule has 0 radical (unpaired) electrons. The number of methoxy groups -OCH3 is 1. The van der Waals surface area contributed by atoms with Gasteiger partial charge in [0.15, 0.2) is 0 Å². The molecule has 6 rings (SSSR count). The summed E-state index contributed by atoms with van der Waals surface area (Å²) in [5.74, 6) is 0. The third kappa shape index (κ3) is 23.8. The molecule has 6 saturated heterocycles. The number of hydrogen-bond acceptors (Lipinski definition) is 23. The lowest BCUT2D eigenvalue weighted by Crippen LogP contribution is -2.49. The van der Waals surface area contributed by atoms with Crippen LogP contribution in [0.2, 0.25) is 0 Å². The molecule has 0 aromatic heterocycles. The zero-order valence-electron chi connectivity index (χ0n) is 41.2. The maximum absolute atomic E-state index is 6.24. The van der Waals surface area contributed by atoms with E-state index in [0.717, 1.165) is 19.6 Å². The average Bonchev–Trinajstić information content (AvgIpc) is 3.38. The summed E-state index contributed by atoms with van der Waals surface area (Å²) in [6.07, 6.45) is 0.965. The van der Waals surface area contributed by atoms with Crippen molar-refractivity contribution < 1.29 is 80.5 Å². The number of nitrogens with zero attached hydrogens (tertiary/aromatic N) is 6. The van der Waals surface area contributed by atoms with Crippen LogP contribution in [-0.4, -0.2) is 266 Å². The van der Waals surface area contributed by atoms with Crippen LogP contribution < -0.4 is 0 Å². The highest BCUT2D eigenvalue weighted by molar-refractivity contribution is 4.77. The van der Waals surface area contributed by atoms with E-state index in [4.69, 9.17) is 80.5 Å². The highest BCUT2D eigenvalue weighted by atomic mass is 16.7. The monoisotopic (exact) mass is 959 g/mol. The van der Waals surface area contributed by atoms with E-state index in [-0.39, 0.29) is 36.3 Å². The first kappa shape index (κ1) is 57.7. The summed E-state index contributed by atoms with van der Waals surface area (Å²) < 4.78 is 92.4. The number of ether oxygens (including phenoxy) is 17. The topological polar surface area (TPSA) is 176 Å². The average molecular weight is 959 g/mol. The maximum Gasteiger partial charge on any atom is 0.150 e. The van der Waals surface area contributed by atoms with Gasteiger partial charge < -0.3 is 80.5 Å². The second-order valence-electron chi connectivity index (χ2n) is 17.2. The zero-order chi connectivity index (χ0) is 47.0. The molecule has 7 unspecified atom stereocenters. The van der Waals surface area contributed by atoms with Crippen molar-refractivity contribution in [2.75, 3.05) is 194 Å². The van der Waals surface area contributed by atoms with E-state index in [9.17, 15) is 0 Å². The Labute approximate surface area is 394 Å². The molecule has 6 fully saturated rings. The fraction of sp³-hybridized carbons (Fsp3) is 1.00. The van der Waals surface area contributed by atoms with Crippen molar-refractivity contribution >= 4 is 0 Å². The summed E-state index contributed by atoms with van der Waals surface area (Å²) >= 11 is 0. The SMILES string of the molecule is CC(COCC(C)N1COCOC1)N1COCOC1.CC(COCCOC(COCC(C)N1COCOC1)C(C)N1CCCOC1)N1COCOC1.COCCOCC(C)N1COCOC1. The Balaban J connectivity index is 0.000000242. The minimum absolute atomic E-state index is 0.0716. The summed E-state index contributed by atoms with van der Waals surface area (Å²) in [5.41, 5.74) is 0. The first-order chi connectivity index (χ1) is 32.3. The van der Waals surface area contributed by atoms with E-state index < -0.39 is 0 Å². The Kier molecular flexibility index (Phi) is 31.5. The second-order valence-corrected chi connectivity index (χ2v) is 17.2. The van der Waals surface area contributed by atoms with E-state index >= 15 is 0 Å². The zero-order valence-corrected chi connectivity index (χ0v) is 41.2. The third-order valence-corrected chi connectivity index (χ3v) is 11.7. The highest BCUT2D eigenvalue weighted by Crippen LogP contribution is 2.15. The lowest BCUT2D eigenvalue weighted by molar-refractivity contribution is -0.204. The van der Waals surface area contributed by atoms with E-state index in [1.807, 2.05) is 0 Å². The van der Waals surface area contributed by atoms with Gasteiger partial charge in [-0.25, -0.2) is 0 Å². The Hall–Kier alpha value is -0.920. The molecule has 0 aromatic carbocycles. The Morgan fingerprint density at radius 1 is 0.364 bits per heavy atom. The molecule has 7 atom stereocenters. The van der Waals surface area contributed by atoms with Crippen LogP contribution in [0.5, 0.6) is 0 Å². The predicted octanol–water partition coefficient (Wildman–Crippen LogP) is 1.17. The molecule has 0 amide bonds. The summed E-state index contributed by atoms with van der Waals surface area (Å²) in [7, 11) is 1.67. The van der Waals surface area contributed by atoms with Crippen LogP contribution in [0, 0.1) is 0 Å². The van der Waals surface area contributed by atoms with Crippen molar-refractivity contribution in [3.8, 4) is 0 Å². The van der Waals surface area contributed by atoms with Crippen LogP contribution >= 0.6 is 0 Å². The third-order valence-electron chi connectivity index (χ3n) is 11.7. The molecule has 23 nitrogen and oxygen atoms in total. The highest BCUT2D eigenvalue weighted by Gasteiger charge is 2.28. The van der Waals surface area contributed by atoms with E-state index in [0.29, 0.717) is 180 Å². The smallest absolute Gasteiger partial charge is 0.150 e. The van der Waals surface area contributed by atoms with Crippen LogP contribution in [0.3, 0.4) is 0 Å². The van der Waals surface area contributed by atoms with Gasteiger partial charge in [-0.2, -0.15) is 0 Å². The minimum atomic E-state index is -0.0716. The number of rotatable bonds is 26. The normalized spacial score (nSPS) is 24.8. The van der Waals surface area contributed by atoms with Gasteiger partial charge in [0.25, 0.3) is 0 Å². The van der Waals surface area contributed by atoms with E-state index in [2.05, 4.69) is 70.9 Å². The van der Waals surface area contributed by atoms with Crippen molar-refractivity contribution in [1.82, 2.24) is 29.4 Å². The second kappa shape index (κ2) is 36.1. The molecule has 390 valence electrons. The maximum atomic E-state index is 6.24. The summed E-state index contributed by atoms with van der Waals surface area (Å²) in [5, 5.41) is 0. The lowest BCUT2D eigenvalue weighted by atomic mass is 10.1. The molecule has 0 aromatic rings. The van der Waals surface area contributed by atoms with E-state index in [1.54, 1.807) is 7.11 Å². The van der Waals surface area contributed by atoms with Gasteiger partial charge in [0.05, 0.1) is 78.9 Å². The Bertz CT molecular complexity index is 1110. The molecular formula is C43H86N6O17. The van der Waals surface area contributed by atoms with Crippen LogP contribution in [0.4, 0.5) is 0 Å². The van der Waals surface area contributed by atoms with Crippen LogP contribution in [-0.2, 0) is 80.5 Å². The van der Waals surface area contributed by atoms with Gasteiger partial charge in [0, 0.05) is 56.5 Å². The molecule has 0 bridgehead atoms. The van der Waals surface area contributed by atoms with Crippen molar-refractivity contribution in [2.24, 2.45) is 0 Å². The first-order valence-corrected chi connectivity index (χ1v) is 23.5. The molecule has 0 aliphatic carbocycles. The van der Waals surface area contributed by atoms with E-state index in [1.165, 1.54) is 0 Å². The molecule has 0 saturated carbocycles. The van der Waals surface area contributed by atoms with Gasteiger partial charge in [-0.3, -0.25) is 29.4 Å². The summed E-state index contributed by atoms with van der Waals surface area (Å²) in [4.78, 5) is 12.8. The summed E-state index contributed by atoms with van der Waals surface area (Å²) in [6.45, 7) is 29.0. The first-order valence-electron chi connectivity index (χ1n) is 23.5. The van der Waals surface area contributed by atoms with Crippen molar-refractivity contribution in [2.45, 2.75) is 90.3 Å². The van der Waals surface area contributed by atoms with Gasteiger partial charge in [0.2, 0.25) is 0 Å². The van der Waals surface area contributed by atoms with Gasteiger partial charge in [-0.05, 0) is 48.0 Å². The van der Waals surface area contributed by atoms with Gasteiger partial charge in [-0.15, -0.1) is 0 Å². The Morgan fingerprint density at radius 3 is 1.02 bits per heavy atom. The predicted molar refractivity (Wildman–Crippen MR) is 237 cm³/mol. The van der Waals surface area contributed by atoms with Crippen molar-refractivity contribution in [3.63, 3.8) is 0 Å². The summed E-state index contributed by atoms with van der Waals surface area (Å²) in [6, 6.07) is 1.48. The van der Waals surface area contributed by atoms with Gasteiger partial charge in [0.1, 0.15) is 101 Å². The molecule has 0 spiro atoms. The largest absolute Gasteiger partial charge is 0.382 e.